The predicted octanol–water partition coefficient (Wildman–Crippen LogP) is 4.05. The zero-order chi connectivity index (χ0) is 26.7. The molecule has 5 rings (SSSR count). The van der Waals surface area contributed by atoms with E-state index in [1.165, 1.54) is 0 Å². The van der Waals surface area contributed by atoms with E-state index in [1.54, 1.807) is 26.0 Å². The minimum absolute atomic E-state index is 0.145. The fraction of sp³-hybridized carbons (Fsp3) is 0.241. The van der Waals surface area contributed by atoms with Gasteiger partial charge in [-0.2, -0.15) is 5.21 Å². The van der Waals surface area contributed by atoms with Crippen molar-refractivity contribution in [2.24, 2.45) is 10.7 Å². The number of aliphatic imine (C=N–C) groups is 1. The van der Waals surface area contributed by atoms with Gasteiger partial charge >= 0.3 is 0 Å². The average molecular weight is 508 g/mol. The van der Waals surface area contributed by atoms with Gasteiger partial charge in [0.1, 0.15) is 5.71 Å². The van der Waals surface area contributed by atoms with E-state index in [9.17, 15) is 9.59 Å². The smallest absolute Gasteiger partial charge is 0.222 e. The Morgan fingerprint density at radius 3 is 2.42 bits per heavy atom. The Morgan fingerprint density at radius 1 is 1.00 bits per heavy atom. The quantitative estimate of drug-likeness (QED) is 0.323. The van der Waals surface area contributed by atoms with Gasteiger partial charge < -0.3 is 11.1 Å². The maximum Gasteiger partial charge on any atom is 0.222 e. The number of aromatic amines is 1. The average Bonchev–Trinajstić information content (AvgIpc) is 3.38. The van der Waals surface area contributed by atoms with Crippen molar-refractivity contribution in [3.63, 3.8) is 0 Å². The van der Waals surface area contributed by atoms with E-state index in [2.05, 4.69) is 25.9 Å². The highest BCUT2D eigenvalue weighted by molar-refractivity contribution is 6.48. The number of H-pyrrole nitrogens is 1. The zero-order valence-corrected chi connectivity index (χ0v) is 21.3. The summed E-state index contributed by atoms with van der Waals surface area (Å²) in [7, 11) is 0. The highest BCUT2D eigenvalue weighted by Gasteiger charge is 2.29. The molecule has 1 atom stereocenters. The van der Waals surface area contributed by atoms with Crippen molar-refractivity contribution < 1.29 is 9.59 Å². The van der Waals surface area contributed by atoms with Crippen molar-refractivity contribution in [1.82, 2.24) is 25.9 Å². The molecule has 9 nitrogen and oxygen atoms in total. The summed E-state index contributed by atoms with van der Waals surface area (Å²) in [4.78, 5) is 31.3. The Kier molecular flexibility index (Phi) is 6.93. The molecule has 1 amide bonds. The number of para-hydroxylation sites is 1. The van der Waals surface area contributed by atoms with E-state index >= 15 is 0 Å². The Bertz CT molecular complexity index is 1490. The van der Waals surface area contributed by atoms with Crippen LogP contribution in [0, 0.1) is 0 Å². The highest BCUT2D eigenvalue weighted by atomic mass is 16.2. The van der Waals surface area contributed by atoms with E-state index in [0.29, 0.717) is 29.9 Å². The Morgan fingerprint density at radius 2 is 1.71 bits per heavy atom. The number of hydrogen-bond donors (Lipinski definition) is 3. The monoisotopic (exact) mass is 507 g/mol. The van der Waals surface area contributed by atoms with Crippen molar-refractivity contribution in [2.75, 3.05) is 0 Å². The van der Waals surface area contributed by atoms with E-state index in [0.717, 1.165) is 27.9 Å². The Hall–Kier alpha value is -4.50. The number of aromatic nitrogens is 4. The topological polar surface area (TPSA) is 139 Å². The lowest BCUT2D eigenvalue weighted by Gasteiger charge is -2.22. The van der Waals surface area contributed by atoms with E-state index in [-0.39, 0.29) is 18.1 Å². The molecule has 0 bridgehead atoms. The molecule has 0 unspecified atom stereocenters. The summed E-state index contributed by atoms with van der Waals surface area (Å²) in [6, 6.07) is 22.3. The van der Waals surface area contributed by atoms with Crippen LogP contribution < -0.4 is 11.1 Å². The van der Waals surface area contributed by atoms with Gasteiger partial charge in [-0.05, 0) is 54.7 Å². The van der Waals surface area contributed by atoms with Gasteiger partial charge in [-0.1, -0.05) is 66.7 Å². The fourth-order valence-electron chi connectivity index (χ4n) is 4.64. The molecule has 0 saturated heterocycles. The Labute approximate surface area is 220 Å². The molecule has 3 aromatic carbocycles. The summed E-state index contributed by atoms with van der Waals surface area (Å²) in [5.74, 6) is 0.0610. The third-order valence-electron chi connectivity index (χ3n) is 6.42. The molecule has 38 heavy (non-hydrogen) atoms. The number of tetrazole rings is 1. The molecule has 4 aromatic rings. The number of carbonyl (C=O) groups excluding carboxylic acids is 2. The van der Waals surface area contributed by atoms with Crippen molar-refractivity contribution in [2.45, 2.75) is 44.7 Å². The van der Waals surface area contributed by atoms with Crippen LogP contribution in [-0.2, 0) is 11.2 Å². The summed E-state index contributed by atoms with van der Waals surface area (Å²) in [6.45, 7) is 3.60. The van der Waals surface area contributed by atoms with Crippen LogP contribution in [-0.4, -0.2) is 49.6 Å². The third-order valence-corrected chi connectivity index (χ3v) is 6.42. The number of Topliss-reactive ketones (excluding diaryl/α,β-unsaturated/α-hetero) is 1. The van der Waals surface area contributed by atoms with Crippen LogP contribution in [0.2, 0.25) is 0 Å². The molecule has 9 heteroatoms. The van der Waals surface area contributed by atoms with Crippen molar-refractivity contribution in [1.29, 1.82) is 0 Å². The molecule has 1 aliphatic rings. The van der Waals surface area contributed by atoms with Gasteiger partial charge in [0.15, 0.2) is 0 Å². The number of benzene rings is 3. The van der Waals surface area contributed by atoms with Crippen molar-refractivity contribution >= 4 is 23.1 Å². The molecule has 0 aliphatic carbocycles. The molecule has 2 heterocycles. The lowest BCUT2D eigenvalue weighted by molar-refractivity contribution is -0.122. The predicted molar refractivity (Wildman–Crippen MR) is 146 cm³/mol. The number of rotatable bonds is 7. The van der Waals surface area contributed by atoms with Crippen LogP contribution in [0.25, 0.3) is 22.5 Å². The van der Waals surface area contributed by atoms with Crippen LogP contribution in [0.3, 0.4) is 0 Å². The SMILES string of the molecule is CC(C)(N)CC(=O)N[C@@H]1CCc2ccccc2N=C1C(=O)c1ccc(-c2ccccc2-c2nn[nH]n2)cc1. The first kappa shape index (κ1) is 25.2. The molecule has 0 fully saturated rings. The van der Waals surface area contributed by atoms with Gasteiger partial charge in [-0.15, -0.1) is 10.2 Å². The number of nitrogens with two attached hydrogens (primary N) is 1. The summed E-state index contributed by atoms with van der Waals surface area (Å²) in [5.41, 5.74) is 10.7. The number of nitrogens with zero attached hydrogens (tertiary/aromatic N) is 4. The number of hydrogen-bond acceptors (Lipinski definition) is 7. The van der Waals surface area contributed by atoms with Crippen LogP contribution in [0.1, 0.15) is 42.6 Å². The fourth-order valence-corrected chi connectivity index (χ4v) is 4.64. The number of fused-ring (bicyclic) bond motifs is 1. The molecule has 1 aliphatic heterocycles. The number of nitrogens with one attached hydrogen (secondary N) is 2. The first-order chi connectivity index (χ1) is 18.3. The second-order valence-corrected chi connectivity index (χ2v) is 10.1. The molecule has 1 aromatic heterocycles. The molecule has 0 spiro atoms. The van der Waals surface area contributed by atoms with Crippen molar-refractivity contribution in [3.8, 4) is 22.5 Å². The molecular weight excluding hydrogens is 478 g/mol. The van der Waals surface area contributed by atoms with Gasteiger partial charge in [0.25, 0.3) is 0 Å². The molecule has 0 saturated carbocycles. The van der Waals surface area contributed by atoms with E-state index in [4.69, 9.17) is 10.7 Å². The Balaban J connectivity index is 1.46. The normalized spacial score (nSPS) is 15.2. The second kappa shape index (κ2) is 10.5. The minimum atomic E-state index is -0.660. The third kappa shape index (κ3) is 5.57. The molecule has 192 valence electrons. The number of ketones is 1. The number of aryl methyl sites for hydroxylation is 1. The lowest BCUT2D eigenvalue weighted by atomic mass is 9.94. The maximum absolute atomic E-state index is 13.8. The van der Waals surface area contributed by atoms with Crippen LogP contribution >= 0.6 is 0 Å². The summed E-state index contributed by atoms with van der Waals surface area (Å²) in [5, 5.41) is 17.4. The summed E-state index contributed by atoms with van der Waals surface area (Å²) >= 11 is 0. The molecule has 4 N–H and O–H groups in total. The van der Waals surface area contributed by atoms with Gasteiger partial charge in [0.05, 0.1) is 11.7 Å². The largest absolute Gasteiger partial charge is 0.348 e. The number of amides is 1. The van der Waals surface area contributed by atoms with Crippen molar-refractivity contribution in [3.05, 3.63) is 83.9 Å². The zero-order valence-electron chi connectivity index (χ0n) is 21.3. The minimum Gasteiger partial charge on any atom is -0.348 e. The number of carbonyl (C=O) groups is 2. The summed E-state index contributed by atoms with van der Waals surface area (Å²) < 4.78 is 0. The van der Waals surface area contributed by atoms with Crippen LogP contribution in [0.4, 0.5) is 5.69 Å². The van der Waals surface area contributed by atoms with Crippen LogP contribution in [0.5, 0.6) is 0 Å². The van der Waals surface area contributed by atoms with Crippen LogP contribution in [0.15, 0.2) is 77.8 Å². The van der Waals surface area contributed by atoms with Gasteiger partial charge in [-0.25, -0.2) is 4.99 Å². The highest BCUT2D eigenvalue weighted by Crippen LogP contribution is 2.31. The molecule has 0 radical (unpaired) electrons. The van der Waals surface area contributed by atoms with Gasteiger partial charge in [0.2, 0.25) is 17.5 Å². The first-order valence-electron chi connectivity index (χ1n) is 12.5. The molecular formula is C29H29N7O2. The first-order valence-corrected chi connectivity index (χ1v) is 12.5. The van der Waals surface area contributed by atoms with Gasteiger partial charge in [-0.3, -0.25) is 9.59 Å². The second-order valence-electron chi connectivity index (χ2n) is 10.1. The lowest BCUT2D eigenvalue weighted by Crippen LogP contribution is -2.47. The standard InChI is InChI=1S/C29H29N7O2/c1-29(2,30)17-25(37)31-24-16-15-19-7-3-6-10-23(19)32-26(24)27(38)20-13-11-18(12-14-20)21-8-4-5-9-22(21)28-33-35-36-34-28/h3-14,24H,15-17,30H2,1-2H3,(H,31,37)(H,33,34,35,36)/t24-/m1/s1. The maximum atomic E-state index is 13.8. The van der Waals surface area contributed by atoms with E-state index in [1.807, 2.05) is 60.7 Å². The van der Waals surface area contributed by atoms with E-state index < -0.39 is 11.6 Å². The van der Waals surface area contributed by atoms with Gasteiger partial charge in [0, 0.05) is 23.1 Å². The summed E-state index contributed by atoms with van der Waals surface area (Å²) in [6.07, 6.45) is 1.40.